The predicted molar refractivity (Wildman–Crippen MR) is 241 cm³/mol. The topological polar surface area (TPSA) is 77.8 Å². The van der Waals surface area contributed by atoms with Crippen LogP contribution in [0.5, 0.6) is 0 Å². The van der Waals surface area contributed by atoms with E-state index in [4.69, 9.17) is 28.8 Å². The summed E-state index contributed by atoms with van der Waals surface area (Å²) in [6.07, 6.45) is 5.70. The van der Waals surface area contributed by atoms with Crippen LogP contribution >= 0.6 is 0 Å². The molecule has 0 amide bonds. The van der Waals surface area contributed by atoms with Crippen molar-refractivity contribution in [2.45, 2.75) is 6.92 Å². The Morgan fingerprint density at radius 3 is 1.86 bits per heavy atom. The molecule has 0 aliphatic rings. The molecule has 0 radical (unpaired) electrons. The maximum absolute atomic E-state index is 6.78. The summed E-state index contributed by atoms with van der Waals surface area (Å²) in [6, 6.07) is 53.8. The van der Waals surface area contributed by atoms with E-state index in [2.05, 4.69) is 97.6 Å². The van der Waals surface area contributed by atoms with Crippen LogP contribution in [0.1, 0.15) is 11.3 Å². The zero-order chi connectivity index (χ0) is 39.5. The van der Waals surface area contributed by atoms with Crippen LogP contribution in [-0.2, 0) is 0 Å². The molecule has 0 atom stereocenters. The number of benzene rings is 7. The number of para-hydroxylation sites is 3. The summed E-state index contributed by atoms with van der Waals surface area (Å²) in [7, 11) is 0. The SMILES string of the molecule is C=C/C=C\c1c(C)oc2c(-c3nc(-c4ccccc4)nc(-c4ccc(-c5cc6c(-c7ccccc7)nc7ccccc7c6c6c5oc5ccccc56)cc4)n3)cccc12. The second-order valence-corrected chi connectivity index (χ2v) is 14.6. The molecule has 6 nitrogen and oxygen atoms in total. The fraction of sp³-hybridized carbons (Fsp3) is 0.0189. The van der Waals surface area contributed by atoms with Gasteiger partial charge >= 0.3 is 0 Å². The lowest BCUT2D eigenvalue weighted by Gasteiger charge is -2.14. The summed E-state index contributed by atoms with van der Waals surface area (Å²) in [5.74, 6) is 2.48. The number of rotatable bonds is 7. The van der Waals surface area contributed by atoms with Gasteiger partial charge in [0.2, 0.25) is 0 Å². The lowest BCUT2D eigenvalue weighted by molar-refractivity contribution is 0.578. The van der Waals surface area contributed by atoms with Gasteiger partial charge in [0.25, 0.3) is 0 Å². The van der Waals surface area contributed by atoms with Gasteiger partial charge in [0.05, 0.1) is 16.8 Å². The number of aromatic nitrogens is 4. The Balaban J connectivity index is 1.11. The summed E-state index contributed by atoms with van der Waals surface area (Å²) >= 11 is 0. The standard InChI is InChI=1S/C53H34N4O2/c1-3-4-20-37-32(2)58-49-38(37)23-15-24-41(49)53-56-51(35-18-9-6-10-19-35)55-52(57-53)36-29-27-33(28-30-36)42-31-43-46(47-40-22-12-14-26-45(40)59-50(42)47)39-21-11-13-25-44(39)54-48(43)34-16-7-5-8-17-34/h3-31H,1H2,2H3/b20-4-. The van der Waals surface area contributed by atoms with Gasteiger partial charge in [0.1, 0.15) is 22.5 Å². The first-order chi connectivity index (χ1) is 29.1. The van der Waals surface area contributed by atoms with Crippen LogP contribution in [0.25, 0.3) is 117 Å². The van der Waals surface area contributed by atoms with Gasteiger partial charge in [-0.15, -0.1) is 0 Å². The number of nitrogens with zero attached hydrogens (tertiary/aromatic N) is 4. The van der Waals surface area contributed by atoms with Crippen LogP contribution in [0.4, 0.5) is 0 Å². The normalized spacial score (nSPS) is 11.8. The van der Waals surface area contributed by atoms with E-state index in [0.717, 1.165) is 105 Å². The first kappa shape index (κ1) is 34.3. The summed E-state index contributed by atoms with van der Waals surface area (Å²) in [6.45, 7) is 5.81. The van der Waals surface area contributed by atoms with Crippen molar-refractivity contribution in [1.29, 1.82) is 0 Å². The average molecular weight is 759 g/mol. The summed E-state index contributed by atoms with van der Waals surface area (Å²) < 4.78 is 13.2. The van der Waals surface area contributed by atoms with E-state index in [1.165, 1.54) is 0 Å². The summed E-state index contributed by atoms with van der Waals surface area (Å²) in [5, 5.41) is 6.41. The van der Waals surface area contributed by atoms with Gasteiger partial charge in [-0.2, -0.15) is 0 Å². The molecule has 0 saturated heterocycles. The number of furan rings is 2. The van der Waals surface area contributed by atoms with Gasteiger partial charge in [0.15, 0.2) is 17.5 Å². The Kier molecular flexibility index (Phi) is 8.08. The monoisotopic (exact) mass is 758 g/mol. The zero-order valence-corrected chi connectivity index (χ0v) is 32.1. The highest BCUT2D eigenvalue weighted by Gasteiger charge is 2.22. The van der Waals surface area contributed by atoms with Crippen molar-refractivity contribution in [2.24, 2.45) is 0 Å². The van der Waals surface area contributed by atoms with Crippen LogP contribution in [0.15, 0.2) is 185 Å². The van der Waals surface area contributed by atoms with Crippen LogP contribution in [-0.4, -0.2) is 19.9 Å². The molecule has 0 N–H and O–H groups in total. The number of aryl methyl sites for hydroxylation is 1. The van der Waals surface area contributed by atoms with E-state index in [9.17, 15) is 0 Å². The fourth-order valence-electron chi connectivity index (χ4n) is 8.31. The molecule has 11 rings (SSSR count). The third-order valence-electron chi connectivity index (χ3n) is 11.1. The predicted octanol–water partition coefficient (Wildman–Crippen LogP) is 14.1. The third-order valence-corrected chi connectivity index (χ3v) is 11.1. The maximum Gasteiger partial charge on any atom is 0.167 e. The fourth-order valence-corrected chi connectivity index (χ4v) is 8.31. The quantitative estimate of drug-likeness (QED) is 0.119. The lowest BCUT2D eigenvalue weighted by Crippen LogP contribution is -2.00. The second-order valence-electron chi connectivity index (χ2n) is 14.6. The minimum atomic E-state index is 0.531. The van der Waals surface area contributed by atoms with Gasteiger partial charge in [-0.25, -0.2) is 19.9 Å². The Morgan fingerprint density at radius 2 is 1.10 bits per heavy atom. The number of pyridine rings is 1. The third kappa shape index (κ3) is 5.72. The van der Waals surface area contributed by atoms with Gasteiger partial charge < -0.3 is 8.83 Å². The zero-order valence-electron chi connectivity index (χ0n) is 32.1. The Bertz CT molecular complexity index is 3450. The number of fused-ring (bicyclic) bond motifs is 8. The number of hydrogen-bond acceptors (Lipinski definition) is 6. The highest BCUT2D eigenvalue weighted by Crippen LogP contribution is 2.46. The Hall–Kier alpha value is -7.96. The first-order valence-corrected chi connectivity index (χ1v) is 19.6. The van der Waals surface area contributed by atoms with Crippen molar-refractivity contribution in [3.05, 3.63) is 188 Å². The summed E-state index contributed by atoms with van der Waals surface area (Å²) in [5.41, 5.74) is 10.8. The van der Waals surface area contributed by atoms with E-state index in [1.807, 2.05) is 85.8 Å². The van der Waals surface area contributed by atoms with Crippen molar-refractivity contribution >= 4 is 60.7 Å². The molecule has 0 aliphatic heterocycles. The van der Waals surface area contributed by atoms with Gasteiger partial charge in [0, 0.05) is 60.1 Å². The second kappa shape index (κ2) is 13.9. The number of hydrogen-bond donors (Lipinski definition) is 0. The molecule has 0 unspecified atom stereocenters. The molecule has 11 aromatic rings. The minimum absolute atomic E-state index is 0.531. The Morgan fingerprint density at radius 1 is 0.475 bits per heavy atom. The maximum atomic E-state index is 6.78. The largest absolute Gasteiger partial charge is 0.460 e. The number of allylic oxidation sites excluding steroid dienone is 2. The summed E-state index contributed by atoms with van der Waals surface area (Å²) in [4.78, 5) is 20.4. The van der Waals surface area contributed by atoms with Crippen molar-refractivity contribution in [3.8, 4) is 56.5 Å². The molecule has 7 aromatic carbocycles. The lowest BCUT2D eigenvalue weighted by atomic mass is 9.91. The van der Waals surface area contributed by atoms with Crippen LogP contribution < -0.4 is 0 Å². The van der Waals surface area contributed by atoms with E-state index >= 15 is 0 Å². The first-order valence-electron chi connectivity index (χ1n) is 19.6. The highest BCUT2D eigenvalue weighted by molar-refractivity contribution is 6.30. The van der Waals surface area contributed by atoms with Gasteiger partial charge in [-0.05, 0) is 36.8 Å². The molecule has 6 heteroatoms. The molecular formula is C53H34N4O2. The van der Waals surface area contributed by atoms with Gasteiger partial charge in [-0.3, -0.25) is 0 Å². The minimum Gasteiger partial charge on any atom is -0.460 e. The molecule has 0 saturated carbocycles. The highest BCUT2D eigenvalue weighted by atomic mass is 16.3. The molecule has 4 aromatic heterocycles. The van der Waals surface area contributed by atoms with Crippen LogP contribution in [0.2, 0.25) is 0 Å². The molecule has 278 valence electrons. The molecule has 0 fully saturated rings. The van der Waals surface area contributed by atoms with E-state index in [-0.39, 0.29) is 0 Å². The molecular weight excluding hydrogens is 725 g/mol. The van der Waals surface area contributed by atoms with Crippen molar-refractivity contribution < 1.29 is 8.83 Å². The van der Waals surface area contributed by atoms with E-state index < -0.39 is 0 Å². The van der Waals surface area contributed by atoms with Crippen LogP contribution in [0, 0.1) is 6.92 Å². The molecule has 4 heterocycles. The molecule has 0 bridgehead atoms. The average Bonchev–Trinajstić information content (AvgIpc) is 3.85. The van der Waals surface area contributed by atoms with E-state index in [1.54, 1.807) is 6.08 Å². The van der Waals surface area contributed by atoms with Crippen molar-refractivity contribution in [1.82, 2.24) is 19.9 Å². The molecule has 0 aliphatic carbocycles. The van der Waals surface area contributed by atoms with Crippen molar-refractivity contribution in [3.63, 3.8) is 0 Å². The molecule has 59 heavy (non-hydrogen) atoms. The molecule has 0 spiro atoms. The smallest absolute Gasteiger partial charge is 0.167 e. The van der Waals surface area contributed by atoms with Crippen LogP contribution in [0.3, 0.4) is 0 Å². The van der Waals surface area contributed by atoms with E-state index in [0.29, 0.717) is 17.5 Å². The Labute approximate surface area is 339 Å². The van der Waals surface area contributed by atoms with Gasteiger partial charge in [-0.1, -0.05) is 158 Å². The van der Waals surface area contributed by atoms with Crippen molar-refractivity contribution in [2.75, 3.05) is 0 Å².